The maximum atomic E-state index is 12.5. The lowest BCUT2D eigenvalue weighted by Crippen LogP contribution is -2.38. The predicted molar refractivity (Wildman–Crippen MR) is 81.0 cm³/mol. The van der Waals surface area contributed by atoms with E-state index in [1.54, 1.807) is 29.3 Å². The summed E-state index contributed by atoms with van der Waals surface area (Å²) >= 11 is 6.69. The molecule has 2 amide bonds. The second-order valence-electron chi connectivity index (χ2n) is 5.69. The Morgan fingerprint density at radius 1 is 1.10 bits per heavy atom. The van der Waals surface area contributed by atoms with Gasteiger partial charge in [-0.1, -0.05) is 50.4 Å². The molecule has 2 aliphatic heterocycles. The van der Waals surface area contributed by atoms with E-state index in [0.717, 1.165) is 25.7 Å². The highest BCUT2D eigenvalue weighted by atomic mass is 35.5. The highest BCUT2D eigenvalue weighted by Crippen LogP contribution is 2.53. The van der Waals surface area contributed by atoms with Crippen molar-refractivity contribution in [2.45, 2.75) is 50.6 Å². The highest BCUT2D eigenvalue weighted by molar-refractivity contribution is 6.27. The van der Waals surface area contributed by atoms with E-state index in [0.29, 0.717) is 11.1 Å². The standard InChI is InChI=1S/C16H19ClN2O2/c1-3-7-13-16(17,10-4-2)19(13)18-14(20)11-8-5-6-9-12(11)15(18)21/h5-6,8-9,13H,3-4,7,10H2,1-2H3/t13-,16-,19?/m0/s1. The maximum absolute atomic E-state index is 12.5. The van der Waals surface area contributed by atoms with Crippen molar-refractivity contribution >= 4 is 23.4 Å². The van der Waals surface area contributed by atoms with Gasteiger partial charge in [-0.2, -0.15) is 10.0 Å². The number of halogens is 1. The fraction of sp³-hybridized carbons (Fsp3) is 0.500. The van der Waals surface area contributed by atoms with Gasteiger partial charge in [0.2, 0.25) is 0 Å². The maximum Gasteiger partial charge on any atom is 0.276 e. The first kappa shape index (κ1) is 14.5. The molecule has 21 heavy (non-hydrogen) atoms. The van der Waals surface area contributed by atoms with Crippen LogP contribution >= 0.6 is 11.6 Å². The van der Waals surface area contributed by atoms with Crippen LogP contribution < -0.4 is 0 Å². The normalized spacial score (nSPS) is 30.7. The minimum absolute atomic E-state index is 0.0614. The number of fused-ring (bicyclic) bond motifs is 1. The van der Waals surface area contributed by atoms with Crippen LogP contribution in [0.4, 0.5) is 0 Å². The first-order chi connectivity index (χ1) is 10.1. The summed E-state index contributed by atoms with van der Waals surface area (Å²) < 4.78 is 0. The summed E-state index contributed by atoms with van der Waals surface area (Å²) in [6, 6.07) is 7.01. The summed E-state index contributed by atoms with van der Waals surface area (Å²) in [5.41, 5.74) is 0.945. The van der Waals surface area contributed by atoms with Gasteiger partial charge in [0.1, 0.15) is 5.00 Å². The number of nitrogens with zero attached hydrogens (tertiary/aromatic N) is 2. The summed E-state index contributed by atoms with van der Waals surface area (Å²) in [6.45, 7) is 4.15. The second-order valence-corrected chi connectivity index (χ2v) is 6.34. The zero-order valence-electron chi connectivity index (χ0n) is 12.3. The van der Waals surface area contributed by atoms with Crippen molar-refractivity contribution in [3.05, 3.63) is 35.4 Å². The Morgan fingerprint density at radius 3 is 2.14 bits per heavy atom. The van der Waals surface area contributed by atoms with E-state index in [4.69, 9.17) is 11.6 Å². The summed E-state index contributed by atoms with van der Waals surface area (Å²) in [5, 5.41) is 3.04. The van der Waals surface area contributed by atoms with Gasteiger partial charge in [-0.3, -0.25) is 9.59 Å². The van der Waals surface area contributed by atoms with E-state index in [9.17, 15) is 9.59 Å². The lowest BCUT2D eigenvalue weighted by Gasteiger charge is -2.18. The molecule has 3 atom stereocenters. The molecule has 0 bridgehead atoms. The number of amides is 2. The highest BCUT2D eigenvalue weighted by Gasteiger charge is 2.66. The molecule has 0 saturated carbocycles. The zero-order valence-corrected chi connectivity index (χ0v) is 13.1. The molecule has 0 radical (unpaired) electrons. The number of hydrazine groups is 1. The van der Waals surface area contributed by atoms with E-state index in [1.165, 1.54) is 5.01 Å². The van der Waals surface area contributed by atoms with Gasteiger partial charge in [-0.05, 0) is 25.0 Å². The van der Waals surface area contributed by atoms with Crippen LogP contribution in [0.3, 0.4) is 0 Å². The van der Waals surface area contributed by atoms with Gasteiger partial charge in [-0.15, -0.1) is 0 Å². The summed E-state index contributed by atoms with van der Waals surface area (Å²) in [6.07, 6.45) is 3.55. The molecule has 2 heterocycles. The Bertz CT molecular complexity index is 569. The molecule has 1 unspecified atom stereocenters. The molecule has 112 valence electrons. The Hall–Kier alpha value is -1.39. The van der Waals surface area contributed by atoms with E-state index < -0.39 is 5.00 Å². The van der Waals surface area contributed by atoms with Crippen molar-refractivity contribution < 1.29 is 9.59 Å². The van der Waals surface area contributed by atoms with Crippen LogP contribution in [0.2, 0.25) is 0 Å². The lowest BCUT2D eigenvalue weighted by atomic mass is 10.1. The first-order valence-electron chi connectivity index (χ1n) is 7.52. The van der Waals surface area contributed by atoms with Crippen molar-refractivity contribution in [1.82, 2.24) is 10.0 Å². The number of hydrogen-bond acceptors (Lipinski definition) is 3. The van der Waals surface area contributed by atoms with E-state index in [-0.39, 0.29) is 17.9 Å². The van der Waals surface area contributed by atoms with Crippen LogP contribution in [0.5, 0.6) is 0 Å². The molecule has 0 N–H and O–H groups in total. The van der Waals surface area contributed by atoms with Gasteiger partial charge >= 0.3 is 0 Å². The third kappa shape index (κ3) is 2.00. The first-order valence-corrected chi connectivity index (χ1v) is 7.90. The molecule has 0 aromatic heterocycles. The molecule has 3 rings (SSSR count). The third-order valence-electron chi connectivity index (χ3n) is 4.27. The smallest absolute Gasteiger partial charge is 0.267 e. The predicted octanol–water partition coefficient (Wildman–Crippen LogP) is 3.42. The van der Waals surface area contributed by atoms with Gasteiger partial charge in [0, 0.05) is 0 Å². The summed E-state index contributed by atoms with van der Waals surface area (Å²) in [5.74, 6) is -0.509. The SMILES string of the molecule is CCC[C@@H]1N(N2C(=O)c3ccccc3C2=O)[C@@]1(Cl)CCC. The average Bonchev–Trinajstić information content (AvgIpc) is 2.93. The topological polar surface area (TPSA) is 40.4 Å². The summed E-state index contributed by atoms with van der Waals surface area (Å²) in [4.78, 5) is 24.5. The van der Waals surface area contributed by atoms with Gasteiger partial charge in [0.25, 0.3) is 11.8 Å². The van der Waals surface area contributed by atoms with Crippen LogP contribution in [0, 0.1) is 0 Å². The fourth-order valence-electron chi connectivity index (χ4n) is 3.28. The molecule has 0 aliphatic carbocycles. The zero-order chi connectivity index (χ0) is 15.2. The number of carbonyl (C=O) groups is 2. The van der Waals surface area contributed by atoms with Crippen molar-refractivity contribution in [3.63, 3.8) is 0 Å². The minimum Gasteiger partial charge on any atom is -0.267 e. The monoisotopic (exact) mass is 306 g/mol. The van der Waals surface area contributed by atoms with Crippen molar-refractivity contribution in [1.29, 1.82) is 0 Å². The molecule has 2 aliphatic rings. The second kappa shape index (κ2) is 5.11. The van der Waals surface area contributed by atoms with E-state index in [1.807, 2.05) is 0 Å². The number of carbonyl (C=O) groups excluding carboxylic acids is 2. The molecule has 1 aromatic carbocycles. The van der Waals surface area contributed by atoms with Crippen LogP contribution in [0.1, 0.15) is 60.2 Å². The number of benzene rings is 1. The molecule has 0 spiro atoms. The van der Waals surface area contributed by atoms with Gasteiger partial charge in [-0.25, -0.2) is 0 Å². The van der Waals surface area contributed by atoms with Crippen molar-refractivity contribution in [3.8, 4) is 0 Å². The Kier molecular flexibility index (Phi) is 3.54. The number of imide groups is 1. The van der Waals surface area contributed by atoms with E-state index >= 15 is 0 Å². The Balaban J connectivity index is 1.92. The number of alkyl halides is 1. The molecule has 1 aromatic rings. The molecule has 5 heteroatoms. The van der Waals surface area contributed by atoms with Crippen molar-refractivity contribution in [2.24, 2.45) is 0 Å². The van der Waals surface area contributed by atoms with Crippen LogP contribution in [-0.4, -0.2) is 32.9 Å². The molecular weight excluding hydrogens is 288 g/mol. The minimum atomic E-state index is -0.585. The Labute approximate surface area is 129 Å². The van der Waals surface area contributed by atoms with Crippen LogP contribution in [0.25, 0.3) is 0 Å². The average molecular weight is 307 g/mol. The largest absolute Gasteiger partial charge is 0.276 e. The third-order valence-corrected chi connectivity index (χ3v) is 4.88. The van der Waals surface area contributed by atoms with Gasteiger partial charge in [0.15, 0.2) is 0 Å². The van der Waals surface area contributed by atoms with Crippen molar-refractivity contribution in [2.75, 3.05) is 0 Å². The number of rotatable bonds is 5. The van der Waals surface area contributed by atoms with E-state index in [2.05, 4.69) is 13.8 Å². The van der Waals surface area contributed by atoms with Gasteiger partial charge in [0.05, 0.1) is 17.2 Å². The van der Waals surface area contributed by atoms with Crippen LogP contribution in [-0.2, 0) is 0 Å². The molecular formula is C16H19ClN2O2. The molecule has 4 nitrogen and oxygen atoms in total. The summed E-state index contributed by atoms with van der Waals surface area (Å²) in [7, 11) is 0. The Morgan fingerprint density at radius 2 is 1.67 bits per heavy atom. The van der Waals surface area contributed by atoms with Gasteiger partial charge < -0.3 is 0 Å². The lowest BCUT2D eigenvalue weighted by molar-refractivity contribution is 0.0320. The molecule has 1 fully saturated rings. The fourth-order valence-corrected chi connectivity index (χ4v) is 3.81. The quantitative estimate of drug-likeness (QED) is 0.362. The van der Waals surface area contributed by atoms with Crippen LogP contribution in [0.15, 0.2) is 24.3 Å². The molecule has 1 saturated heterocycles. The number of hydrogen-bond donors (Lipinski definition) is 0.